The highest BCUT2D eigenvalue weighted by molar-refractivity contribution is 5.76. The van der Waals surface area contributed by atoms with E-state index in [2.05, 4.69) is 33.0 Å². The standard InChI is InChI=1S/C15H30N2O/c1-11(2)12(9-10-16)5-8-14(18)17-15(3,4)13-6-7-13/h11-13H,5-10,16H2,1-4H3,(H,17,18). The molecule has 0 aromatic carbocycles. The fourth-order valence-electron chi connectivity index (χ4n) is 2.67. The van der Waals surface area contributed by atoms with Gasteiger partial charge in [0.05, 0.1) is 0 Å². The van der Waals surface area contributed by atoms with Gasteiger partial charge in [-0.3, -0.25) is 4.79 Å². The van der Waals surface area contributed by atoms with E-state index in [9.17, 15) is 4.79 Å². The smallest absolute Gasteiger partial charge is 0.220 e. The lowest BCUT2D eigenvalue weighted by atomic mass is 9.88. The third-order valence-corrected chi connectivity index (χ3v) is 4.28. The summed E-state index contributed by atoms with van der Waals surface area (Å²) in [6.07, 6.45) is 5.14. The second-order valence-corrected chi connectivity index (χ2v) is 6.66. The van der Waals surface area contributed by atoms with Gasteiger partial charge < -0.3 is 11.1 Å². The third kappa shape index (κ3) is 4.97. The van der Waals surface area contributed by atoms with Crippen molar-refractivity contribution in [3.63, 3.8) is 0 Å². The number of nitrogens with one attached hydrogen (secondary N) is 1. The van der Waals surface area contributed by atoms with Crippen LogP contribution >= 0.6 is 0 Å². The monoisotopic (exact) mass is 254 g/mol. The third-order valence-electron chi connectivity index (χ3n) is 4.28. The zero-order valence-electron chi connectivity index (χ0n) is 12.5. The maximum Gasteiger partial charge on any atom is 0.220 e. The number of amides is 1. The Bertz CT molecular complexity index is 270. The highest BCUT2D eigenvalue weighted by Crippen LogP contribution is 2.39. The van der Waals surface area contributed by atoms with E-state index in [1.807, 2.05) is 0 Å². The zero-order chi connectivity index (χ0) is 13.8. The lowest BCUT2D eigenvalue weighted by molar-refractivity contribution is -0.123. The zero-order valence-corrected chi connectivity index (χ0v) is 12.5. The molecule has 0 heterocycles. The van der Waals surface area contributed by atoms with Gasteiger partial charge in [0.2, 0.25) is 5.91 Å². The summed E-state index contributed by atoms with van der Waals surface area (Å²) in [5.41, 5.74) is 5.61. The van der Waals surface area contributed by atoms with E-state index >= 15 is 0 Å². The van der Waals surface area contributed by atoms with Crippen LogP contribution < -0.4 is 11.1 Å². The molecule has 18 heavy (non-hydrogen) atoms. The Kier molecular flexibility index (Phi) is 5.64. The summed E-state index contributed by atoms with van der Waals surface area (Å²) in [5, 5.41) is 3.18. The van der Waals surface area contributed by atoms with E-state index < -0.39 is 0 Å². The van der Waals surface area contributed by atoms with Gasteiger partial charge >= 0.3 is 0 Å². The molecule has 3 nitrogen and oxygen atoms in total. The molecule has 1 atom stereocenters. The van der Waals surface area contributed by atoms with E-state index in [0.717, 1.165) is 19.4 Å². The van der Waals surface area contributed by atoms with Crippen LogP contribution in [0.1, 0.15) is 59.8 Å². The Hall–Kier alpha value is -0.570. The van der Waals surface area contributed by atoms with Crippen molar-refractivity contribution < 1.29 is 4.79 Å². The predicted octanol–water partition coefficient (Wildman–Crippen LogP) is 2.69. The van der Waals surface area contributed by atoms with Crippen LogP contribution in [0.3, 0.4) is 0 Å². The molecular formula is C15H30N2O. The molecule has 0 spiro atoms. The van der Waals surface area contributed by atoms with Crippen molar-refractivity contribution in [3.05, 3.63) is 0 Å². The number of hydrogen-bond acceptors (Lipinski definition) is 2. The molecule has 3 N–H and O–H groups in total. The molecule has 0 saturated heterocycles. The van der Waals surface area contributed by atoms with Crippen molar-refractivity contribution in [2.24, 2.45) is 23.5 Å². The van der Waals surface area contributed by atoms with Crippen molar-refractivity contribution in [1.82, 2.24) is 5.32 Å². The van der Waals surface area contributed by atoms with E-state index in [-0.39, 0.29) is 11.4 Å². The van der Waals surface area contributed by atoms with Gasteiger partial charge in [-0.1, -0.05) is 13.8 Å². The highest BCUT2D eigenvalue weighted by atomic mass is 16.1. The quantitative estimate of drug-likeness (QED) is 0.699. The van der Waals surface area contributed by atoms with Crippen LogP contribution in [0.4, 0.5) is 0 Å². The van der Waals surface area contributed by atoms with Gasteiger partial charge in [0.1, 0.15) is 0 Å². The topological polar surface area (TPSA) is 55.1 Å². The Morgan fingerprint density at radius 3 is 2.39 bits per heavy atom. The molecule has 0 aliphatic heterocycles. The summed E-state index contributed by atoms with van der Waals surface area (Å²) >= 11 is 0. The summed E-state index contributed by atoms with van der Waals surface area (Å²) < 4.78 is 0. The minimum absolute atomic E-state index is 0.0156. The van der Waals surface area contributed by atoms with Crippen LogP contribution in [-0.2, 0) is 4.79 Å². The van der Waals surface area contributed by atoms with Crippen LogP contribution in [-0.4, -0.2) is 18.0 Å². The van der Waals surface area contributed by atoms with Gasteiger partial charge in [-0.25, -0.2) is 0 Å². The Balaban J connectivity index is 2.30. The normalized spacial score (nSPS) is 17.9. The molecule has 1 saturated carbocycles. The molecule has 3 heteroatoms. The van der Waals surface area contributed by atoms with Crippen LogP contribution in [0.2, 0.25) is 0 Å². The van der Waals surface area contributed by atoms with Crippen LogP contribution in [0.15, 0.2) is 0 Å². The second kappa shape index (κ2) is 6.55. The van der Waals surface area contributed by atoms with E-state index in [1.54, 1.807) is 0 Å². The van der Waals surface area contributed by atoms with E-state index in [0.29, 0.717) is 24.2 Å². The van der Waals surface area contributed by atoms with Crippen molar-refractivity contribution in [2.75, 3.05) is 6.54 Å². The van der Waals surface area contributed by atoms with Crippen molar-refractivity contribution in [1.29, 1.82) is 0 Å². The van der Waals surface area contributed by atoms with Crippen LogP contribution in [0.5, 0.6) is 0 Å². The lowest BCUT2D eigenvalue weighted by Crippen LogP contribution is -2.45. The summed E-state index contributed by atoms with van der Waals surface area (Å²) in [4.78, 5) is 12.0. The summed E-state index contributed by atoms with van der Waals surface area (Å²) in [5.74, 6) is 2.07. The van der Waals surface area contributed by atoms with Crippen molar-refractivity contribution in [2.45, 2.75) is 65.3 Å². The van der Waals surface area contributed by atoms with Gasteiger partial charge in [-0.05, 0) is 63.8 Å². The number of carbonyl (C=O) groups excluding carboxylic acids is 1. The first-order valence-electron chi connectivity index (χ1n) is 7.38. The molecule has 106 valence electrons. The molecule has 1 rings (SSSR count). The molecular weight excluding hydrogens is 224 g/mol. The maximum absolute atomic E-state index is 12.0. The highest BCUT2D eigenvalue weighted by Gasteiger charge is 2.38. The maximum atomic E-state index is 12.0. The molecule has 1 aliphatic carbocycles. The SMILES string of the molecule is CC(C)C(CCN)CCC(=O)NC(C)(C)C1CC1. The van der Waals surface area contributed by atoms with Gasteiger partial charge in [-0.2, -0.15) is 0 Å². The first-order valence-corrected chi connectivity index (χ1v) is 7.38. The van der Waals surface area contributed by atoms with Crippen molar-refractivity contribution >= 4 is 5.91 Å². The molecule has 0 aromatic heterocycles. The van der Waals surface area contributed by atoms with Gasteiger partial charge in [-0.15, -0.1) is 0 Å². The van der Waals surface area contributed by atoms with E-state index in [4.69, 9.17) is 5.73 Å². The fourth-order valence-corrected chi connectivity index (χ4v) is 2.67. The lowest BCUT2D eigenvalue weighted by Gasteiger charge is -2.27. The minimum atomic E-state index is -0.0156. The molecule has 0 bridgehead atoms. The minimum Gasteiger partial charge on any atom is -0.351 e. The number of carbonyl (C=O) groups is 1. The predicted molar refractivity (Wildman–Crippen MR) is 76.2 cm³/mol. The average molecular weight is 254 g/mol. The number of rotatable bonds is 8. The molecule has 1 unspecified atom stereocenters. The van der Waals surface area contributed by atoms with Gasteiger partial charge in [0.15, 0.2) is 0 Å². The molecule has 0 radical (unpaired) electrons. The largest absolute Gasteiger partial charge is 0.351 e. The summed E-state index contributed by atoms with van der Waals surface area (Å²) in [6, 6.07) is 0. The average Bonchev–Trinajstić information content (AvgIpc) is 3.06. The van der Waals surface area contributed by atoms with Gasteiger partial charge in [0.25, 0.3) is 0 Å². The van der Waals surface area contributed by atoms with Crippen LogP contribution in [0, 0.1) is 17.8 Å². The molecule has 1 fully saturated rings. The van der Waals surface area contributed by atoms with Crippen molar-refractivity contribution in [3.8, 4) is 0 Å². The van der Waals surface area contributed by atoms with Gasteiger partial charge in [0, 0.05) is 12.0 Å². The van der Waals surface area contributed by atoms with E-state index in [1.165, 1.54) is 12.8 Å². The first kappa shape index (κ1) is 15.5. The molecule has 1 amide bonds. The van der Waals surface area contributed by atoms with Crippen LogP contribution in [0.25, 0.3) is 0 Å². The Morgan fingerprint density at radius 2 is 1.94 bits per heavy atom. The molecule has 1 aliphatic rings. The Morgan fingerprint density at radius 1 is 1.33 bits per heavy atom. The number of nitrogens with two attached hydrogens (primary N) is 1. The Labute approximate surface area is 112 Å². The number of hydrogen-bond donors (Lipinski definition) is 2. The second-order valence-electron chi connectivity index (χ2n) is 6.66. The fraction of sp³-hybridized carbons (Fsp3) is 0.933. The summed E-state index contributed by atoms with van der Waals surface area (Å²) in [6.45, 7) is 9.43. The molecule has 0 aromatic rings. The summed E-state index contributed by atoms with van der Waals surface area (Å²) in [7, 11) is 0. The first-order chi connectivity index (χ1) is 8.36.